The summed E-state index contributed by atoms with van der Waals surface area (Å²) in [7, 11) is 0.561. The van der Waals surface area contributed by atoms with Gasteiger partial charge >= 0.3 is 0 Å². The van der Waals surface area contributed by atoms with Crippen molar-refractivity contribution in [1.29, 1.82) is 0 Å². The second kappa shape index (κ2) is 5.42. The summed E-state index contributed by atoms with van der Waals surface area (Å²) in [6.45, 7) is -0.540. The standard InChI is InChI=1S/C9H13F2P/c10-6-5-8(11)7-12-9-3-1-2-4-9/h1-4,8-9,12H,5-7H2. The molecule has 0 spiro atoms. The van der Waals surface area contributed by atoms with Crippen molar-refractivity contribution in [3.8, 4) is 0 Å². The highest BCUT2D eigenvalue weighted by atomic mass is 31.1. The van der Waals surface area contributed by atoms with Crippen molar-refractivity contribution in [1.82, 2.24) is 0 Å². The number of halogens is 2. The van der Waals surface area contributed by atoms with Crippen LogP contribution in [0.2, 0.25) is 0 Å². The Bertz CT molecular complexity index is 165. The van der Waals surface area contributed by atoms with Crippen molar-refractivity contribution in [3.05, 3.63) is 24.3 Å². The van der Waals surface area contributed by atoms with Crippen LogP contribution in [0.25, 0.3) is 0 Å². The minimum Gasteiger partial charge on any atom is -0.251 e. The first kappa shape index (κ1) is 9.85. The van der Waals surface area contributed by atoms with Gasteiger partial charge in [0.25, 0.3) is 0 Å². The Morgan fingerprint density at radius 2 is 2.00 bits per heavy atom. The summed E-state index contributed by atoms with van der Waals surface area (Å²) in [5.74, 6) is 0. The highest BCUT2D eigenvalue weighted by Crippen LogP contribution is 2.26. The van der Waals surface area contributed by atoms with E-state index in [1.54, 1.807) is 0 Å². The molecule has 0 amide bonds. The second-order valence-electron chi connectivity index (χ2n) is 2.78. The Balaban J connectivity index is 2.08. The van der Waals surface area contributed by atoms with Gasteiger partial charge in [-0.2, -0.15) is 0 Å². The molecule has 68 valence electrons. The molecular formula is C9H13F2P. The Kier molecular flexibility index (Phi) is 4.45. The Labute approximate surface area is 73.5 Å². The topological polar surface area (TPSA) is 0 Å². The normalized spacial score (nSPS) is 19.8. The molecule has 0 aromatic carbocycles. The van der Waals surface area contributed by atoms with E-state index < -0.39 is 12.8 Å². The van der Waals surface area contributed by atoms with E-state index in [2.05, 4.69) is 12.2 Å². The lowest BCUT2D eigenvalue weighted by Crippen LogP contribution is -2.05. The summed E-state index contributed by atoms with van der Waals surface area (Å²) in [5.41, 5.74) is 0.405. The zero-order valence-corrected chi connectivity index (χ0v) is 7.84. The largest absolute Gasteiger partial charge is 0.251 e. The van der Waals surface area contributed by atoms with Gasteiger partial charge in [-0.3, -0.25) is 4.39 Å². The van der Waals surface area contributed by atoms with Gasteiger partial charge in [0.15, 0.2) is 0 Å². The van der Waals surface area contributed by atoms with Gasteiger partial charge in [0.05, 0.1) is 6.67 Å². The molecule has 2 unspecified atom stereocenters. The molecule has 1 rings (SSSR count). The zero-order valence-electron chi connectivity index (χ0n) is 6.84. The van der Waals surface area contributed by atoms with Crippen LogP contribution in [0.15, 0.2) is 24.3 Å². The average molecular weight is 190 g/mol. The predicted molar refractivity (Wildman–Crippen MR) is 50.7 cm³/mol. The molecular weight excluding hydrogens is 177 g/mol. The molecule has 3 heteroatoms. The van der Waals surface area contributed by atoms with E-state index in [-0.39, 0.29) is 6.42 Å². The van der Waals surface area contributed by atoms with Crippen molar-refractivity contribution in [2.75, 3.05) is 12.8 Å². The first-order valence-electron chi connectivity index (χ1n) is 4.11. The predicted octanol–water partition coefficient (Wildman–Crippen LogP) is 2.86. The van der Waals surface area contributed by atoms with Gasteiger partial charge in [-0.25, -0.2) is 4.39 Å². The van der Waals surface area contributed by atoms with Crippen LogP contribution in [0.3, 0.4) is 0 Å². The number of allylic oxidation sites excluding steroid dienone is 4. The molecule has 0 radical (unpaired) electrons. The third kappa shape index (κ3) is 3.44. The highest BCUT2D eigenvalue weighted by Gasteiger charge is 2.09. The van der Waals surface area contributed by atoms with Gasteiger partial charge in [0.2, 0.25) is 0 Å². The average Bonchev–Trinajstić information content (AvgIpc) is 2.53. The number of rotatable bonds is 5. The van der Waals surface area contributed by atoms with Gasteiger partial charge in [-0.05, 0) is 6.16 Å². The molecule has 0 nitrogen and oxygen atoms in total. The third-order valence-corrected chi connectivity index (χ3v) is 3.28. The molecule has 0 aliphatic heterocycles. The van der Waals surface area contributed by atoms with Crippen LogP contribution >= 0.6 is 8.58 Å². The fraction of sp³-hybridized carbons (Fsp3) is 0.556. The summed E-state index contributed by atoms with van der Waals surface area (Å²) in [6.07, 6.45) is 7.67. The van der Waals surface area contributed by atoms with Crippen molar-refractivity contribution in [2.24, 2.45) is 0 Å². The molecule has 0 heterocycles. The van der Waals surface area contributed by atoms with Crippen LogP contribution in [0.5, 0.6) is 0 Å². The molecule has 12 heavy (non-hydrogen) atoms. The summed E-state index contributed by atoms with van der Waals surface area (Å²) in [4.78, 5) is 0. The number of hydrogen-bond acceptors (Lipinski definition) is 0. The lowest BCUT2D eigenvalue weighted by molar-refractivity contribution is 0.309. The Morgan fingerprint density at radius 3 is 2.58 bits per heavy atom. The van der Waals surface area contributed by atoms with Gasteiger partial charge in [-0.1, -0.05) is 24.3 Å². The molecule has 1 aliphatic rings. The fourth-order valence-corrected chi connectivity index (χ4v) is 2.28. The summed E-state index contributed by atoms with van der Waals surface area (Å²) in [5, 5.41) is 0. The van der Waals surface area contributed by atoms with Crippen LogP contribution in [0, 0.1) is 0 Å². The maximum Gasteiger partial charge on any atom is 0.106 e. The molecule has 1 aliphatic carbocycles. The van der Waals surface area contributed by atoms with E-state index in [1.165, 1.54) is 0 Å². The molecule has 0 aromatic heterocycles. The maximum absolute atomic E-state index is 12.8. The maximum atomic E-state index is 12.8. The monoisotopic (exact) mass is 190 g/mol. The summed E-state index contributed by atoms with van der Waals surface area (Å²) < 4.78 is 24.5. The number of hydrogen-bond donors (Lipinski definition) is 0. The molecule has 0 bridgehead atoms. The van der Waals surface area contributed by atoms with Crippen molar-refractivity contribution < 1.29 is 8.78 Å². The SMILES string of the molecule is FCCC(F)CPC1C=CC=C1. The highest BCUT2D eigenvalue weighted by molar-refractivity contribution is 7.39. The van der Waals surface area contributed by atoms with Crippen molar-refractivity contribution in [3.63, 3.8) is 0 Å². The first-order valence-corrected chi connectivity index (χ1v) is 5.40. The molecule has 0 fully saturated rings. The van der Waals surface area contributed by atoms with E-state index in [0.717, 1.165) is 0 Å². The van der Waals surface area contributed by atoms with Gasteiger partial charge in [0.1, 0.15) is 6.17 Å². The lowest BCUT2D eigenvalue weighted by Gasteiger charge is -2.08. The van der Waals surface area contributed by atoms with Crippen molar-refractivity contribution >= 4 is 8.58 Å². The first-order chi connectivity index (χ1) is 5.83. The fourth-order valence-electron chi connectivity index (χ4n) is 1.05. The van der Waals surface area contributed by atoms with Crippen LogP contribution < -0.4 is 0 Å². The minimum absolute atomic E-state index is 0.0626. The molecule has 0 aromatic rings. The summed E-state index contributed by atoms with van der Waals surface area (Å²) in [6, 6.07) is 0. The Morgan fingerprint density at radius 1 is 1.33 bits per heavy atom. The quantitative estimate of drug-likeness (QED) is 0.585. The van der Waals surface area contributed by atoms with Gasteiger partial charge in [-0.15, -0.1) is 8.58 Å². The van der Waals surface area contributed by atoms with Gasteiger partial charge in [0, 0.05) is 12.1 Å². The van der Waals surface area contributed by atoms with Crippen molar-refractivity contribution in [2.45, 2.75) is 18.3 Å². The van der Waals surface area contributed by atoms with Crippen LogP contribution in [-0.2, 0) is 0 Å². The molecule has 0 saturated carbocycles. The third-order valence-electron chi connectivity index (χ3n) is 1.75. The van der Waals surface area contributed by atoms with E-state index in [4.69, 9.17) is 0 Å². The smallest absolute Gasteiger partial charge is 0.106 e. The zero-order chi connectivity index (χ0) is 8.81. The van der Waals surface area contributed by atoms with E-state index in [0.29, 0.717) is 20.4 Å². The number of alkyl halides is 2. The second-order valence-corrected chi connectivity index (χ2v) is 4.26. The molecule has 0 N–H and O–H groups in total. The van der Waals surface area contributed by atoms with Crippen LogP contribution in [0.4, 0.5) is 8.78 Å². The summed E-state index contributed by atoms with van der Waals surface area (Å²) >= 11 is 0. The minimum atomic E-state index is -0.948. The molecule has 2 atom stereocenters. The van der Waals surface area contributed by atoms with Crippen LogP contribution in [-0.4, -0.2) is 24.7 Å². The van der Waals surface area contributed by atoms with E-state index in [1.807, 2.05) is 12.2 Å². The lowest BCUT2D eigenvalue weighted by atomic mass is 10.3. The van der Waals surface area contributed by atoms with Gasteiger partial charge < -0.3 is 0 Å². The molecule has 0 saturated heterocycles. The Hall–Kier alpha value is -0.230. The van der Waals surface area contributed by atoms with Crippen LogP contribution in [0.1, 0.15) is 6.42 Å². The van der Waals surface area contributed by atoms with E-state index in [9.17, 15) is 8.78 Å². The van der Waals surface area contributed by atoms with E-state index >= 15 is 0 Å².